The quantitative estimate of drug-likeness (QED) is 0.514. The van der Waals surface area contributed by atoms with Crippen LogP contribution in [0.4, 0.5) is 0 Å². The second-order valence-corrected chi connectivity index (χ2v) is 4.80. The van der Waals surface area contributed by atoms with Gasteiger partial charge in [-0.05, 0) is 22.9 Å². The number of nitrogen functional groups attached to an aromatic ring is 1. The molecule has 0 saturated heterocycles. The summed E-state index contributed by atoms with van der Waals surface area (Å²) < 4.78 is 10.3. The van der Waals surface area contributed by atoms with E-state index < -0.39 is 0 Å². The van der Waals surface area contributed by atoms with Crippen molar-refractivity contribution < 1.29 is 14.3 Å². The molecule has 0 amide bonds. The molecule has 0 spiro atoms. The summed E-state index contributed by atoms with van der Waals surface area (Å²) in [5.41, 5.74) is 7.76. The van der Waals surface area contributed by atoms with Crippen LogP contribution in [0.15, 0.2) is 36.6 Å². The number of amidine groups is 1. The smallest absolute Gasteiger partial charge is 0.315 e. The predicted octanol–water partition coefficient (Wildman–Crippen LogP) is 2.42. The van der Waals surface area contributed by atoms with E-state index in [1.165, 1.54) is 6.26 Å². The van der Waals surface area contributed by atoms with Crippen LogP contribution in [0.2, 0.25) is 0 Å². The van der Waals surface area contributed by atoms with Gasteiger partial charge in [-0.1, -0.05) is 18.2 Å². The van der Waals surface area contributed by atoms with E-state index in [2.05, 4.69) is 0 Å². The summed E-state index contributed by atoms with van der Waals surface area (Å²) in [7, 11) is 1.58. The third-order valence-corrected chi connectivity index (χ3v) is 3.50. The second-order valence-electron chi connectivity index (χ2n) is 4.80. The molecule has 5 heteroatoms. The number of cyclic esters (lactones) is 1. The van der Waals surface area contributed by atoms with Gasteiger partial charge in [-0.2, -0.15) is 0 Å². The van der Waals surface area contributed by atoms with Crippen LogP contribution in [0, 0.1) is 5.41 Å². The average Bonchev–Trinajstić information content (AvgIpc) is 2.91. The fourth-order valence-corrected chi connectivity index (χ4v) is 2.49. The normalized spacial score (nSPS) is 14.0. The molecule has 21 heavy (non-hydrogen) atoms. The number of hydrogen-bond donors (Lipinski definition) is 2. The minimum Gasteiger partial charge on any atom is -0.496 e. The van der Waals surface area contributed by atoms with E-state index in [1.54, 1.807) is 13.2 Å². The molecule has 0 fully saturated rings. The molecule has 5 nitrogen and oxygen atoms in total. The molecule has 0 aliphatic carbocycles. The predicted molar refractivity (Wildman–Crippen MR) is 80.2 cm³/mol. The van der Waals surface area contributed by atoms with Crippen LogP contribution in [0.1, 0.15) is 17.5 Å². The van der Waals surface area contributed by atoms with Gasteiger partial charge in [-0.15, -0.1) is 0 Å². The largest absolute Gasteiger partial charge is 0.496 e. The van der Waals surface area contributed by atoms with Crippen molar-refractivity contribution in [3.8, 4) is 5.75 Å². The Labute approximate surface area is 121 Å². The summed E-state index contributed by atoms with van der Waals surface area (Å²) in [4.78, 5) is 11.4. The Morgan fingerprint density at radius 2 is 2.10 bits per heavy atom. The highest BCUT2D eigenvalue weighted by Crippen LogP contribution is 2.37. The topological polar surface area (TPSA) is 85.4 Å². The van der Waals surface area contributed by atoms with Crippen molar-refractivity contribution in [1.29, 1.82) is 5.41 Å². The molecule has 1 heterocycles. The Kier molecular flexibility index (Phi) is 3.10. The zero-order valence-electron chi connectivity index (χ0n) is 11.5. The lowest BCUT2D eigenvalue weighted by Crippen LogP contribution is -2.10. The van der Waals surface area contributed by atoms with E-state index in [-0.39, 0.29) is 18.2 Å². The molecule has 2 aromatic carbocycles. The molecule has 0 aromatic heterocycles. The number of hydrogen-bond acceptors (Lipinski definition) is 4. The van der Waals surface area contributed by atoms with Crippen molar-refractivity contribution in [1.82, 2.24) is 0 Å². The lowest BCUT2D eigenvalue weighted by Gasteiger charge is -2.13. The molecule has 0 unspecified atom stereocenters. The van der Waals surface area contributed by atoms with Gasteiger partial charge in [0, 0.05) is 16.7 Å². The molecule has 3 N–H and O–H groups in total. The summed E-state index contributed by atoms with van der Waals surface area (Å²) in [6.07, 6.45) is 1.67. The third kappa shape index (κ3) is 2.23. The minimum atomic E-state index is -0.285. The van der Waals surface area contributed by atoms with E-state index in [0.29, 0.717) is 11.3 Å². The van der Waals surface area contributed by atoms with Crippen LogP contribution in [-0.4, -0.2) is 18.9 Å². The van der Waals surface area contributed by atoms with E-state index in [9.17, 15) is 4.79 Å². The molecule has 3 rings (SSSR count). The minimum absolute atomic E-state index is 0.00148. The monoisotopic (exact) mass is 282 g/mol. The van der Waals surface area contributed by atoms with Crippen molar-refractivity contribution in [3.63, 3.8) is 0 Å². The Morgan fingerprint density at radius 1 is 1.33 bits per heavy atom. The SMILES string of the molecule is COc1ccc2ccc(C(=N)N)cc2c1C1=COC(=O)C1. The highest BCUT2D eigenvalue weighted by molar-refractivity contribution is 6.05. The Balaban J connectivity index is 2.29. The first-order valence-electron chi connectivity index (χ1n) is 6.44. The maximum absolute atomic E-state index is 11.4. The summed E-state index contributed by atoms with van der Waals surface area (Å²) >= 11 is 0. The fraction of sp³-hybridized carbons (Fsp3) is 0.125. The van der Waals surface area contributed by atoms with Gasteiger partial charge in [0.25, 0.3) is 0 Å². The maximum Gasteiger partial charge on any atom is 0.315 e. The van der Waals surface area contributed by atoms with Crippen LogP contribution >= 0.6 is 0 Å². The van der Waals surface area contributed by atoms with E-state index in [1.807, 2.05) is 24.3 Å². The van der Waals surface area contributed by atoms with Gasteiger partial charge >= 0.3 is 5.97 Å². The van der Waals surface area contributed by atoms with Gasteiger partial charge in [0.2, 0.25) is 0 Å². The van der Waals surface area contributed by atoms with Crippen molar-refractivity contribution >= 4 is 28.2 Å². The number of fused-ring (bicyclic) bond motifs is 1. The van der Waals surface area contributed by atoms with Crippen LogP contribution < -0.4 is 10.5 Å². The summed E-state index contributed by atoms with van der Waals surface area (Å²) in [5, 5.41) is 9.44. The number of carbonyl (C=O) groups is 1. The average molecular weight is 282 g/mol. The molecular formula is C16H14N2O3. The van der Waals surface area contributed by atoms with Crippen LogP contribution in [-0.2, 0) is 9.53 Å². The molecule has 106 valence electrons. The lowest BCUT2D eigenvalue weighted by atomic mass is 9.95. The van der Waals surface area contributed by atoms with Crippen molar-refractivity contribution in [2.75, 3.05) is 7.11 Å². The lowest BCUT2D eigenvalue weighted by molar-refractivity contribution is -0.135. The first-order chi connectivity index (χ1) is 10.1. The molecular weight excluding hydrogens is 268 g/mol. The van der Waals surface area contributed by atoms with E-state index >= 15 is 0 Å². The molecule has 1 aliphatic rings. The van der Waals surface area contributed by atoms with E-state index in [0.717, 1.165) is 21.9 Å². The van der Waals surface area contributed by atoms with Gasteiger partial charge in [0.15, 0.2) is 0 Å². The molecule has 0 bridgehead atoms. The second kappa shape index (κ2) is 4.94. The zero-order valence-corrected chi connectivity index (χ0v) is 11.5. The summed E-state index contributed by atoms with van der Waals surface area (Å²) in [5.74, 6) is 0.373. The highest BCUT2D eigenvalue weighted by atomic mass is 16.5. The Bertz CT molecular complexity index is 793. The summed E-state index contributed by atoms with van der Waals surface area (Å²) in [6, 6.07) is 9.31. The maximum atomic E-state index is 11.4. The van der Waals surface area contributed by atoms with Gasteiger partial charge in [0.05, 0.1) is 19.8 Å². The number of ether oxygens (including phenoxy) is 2. The molecule has 2 aromatic rings. The standard InChI is InChI=1S/C16H14N2O3/c1-20-13-5-4-9-2-3-10(16(17)18)6-12(9)15(13)11-7-14(19)21-8-11/h2-6,8H,7H2,1H3,(H3,17,18). The number of rotatable bonds is 3. The van der Waals surface area contributed by atoms with Crippen LogP contribution in [0.25, 0.3) is 16.3 Å². The first kappa shape index (κ1) is 13.2. The van der Waals surface area contributed by atoms with Crippen molar-refractivity contribution in [2.45, 2.75) is 6.42 Å². The first-order valence-corrected chi connectivity index (χ1v) is 6.44. The fourth-order valence-electron chi connectivity index (χ4n) is 2.49. The molecule has 0 saturated carbocycles. The van der Waals surface area contributed by atoms with Crippen LogP contribution in [0.5, 0.6) is 5.75 Å². The van der Waals surface area contributed by atoms with Gasteiger partial charge in [0.1, 0.15) is 11.6 Å². The Morgan fingerprint density at radius 3 is 2.71 bits per heavy atom. The number of esters is 1. The van der Waals surface area contributed by atoms with Crippen LogP contribution in [0.3, 0.4) is 0 Å². The number of carbonyl (C=O) groups excluding carboxylic acids is 1. The van der Waals surface area contributed by atoms with Crippen molar-refractivity contribution in [3.05, 3.63) is 47.7 Å². The number of nitrogens with one attached hydrogen (secondary N) is 1. The van der Waals surface area contributed by atoms with Gasteiger partial charge in [-0.25, -0.2) is 0 Å². The summed E-state index contributed by atoms with van der Waals surface area (Å²) in [6.45, 7) is 0. The highest BCUT2D eigenvalue weighted by Gasteiger charge is 2.22. The van der Waals surface area contributed by atoms with Crippen molar-refractivity contribution in [2.24, 2.45) is 5.73 Å². The molecule has 0 radical (unpaired) electrons. The Hall–Kier alpha value is -2.82. The van der Waals surface area contributed by atoms with Gasteiger partial charge in [-0.3, -0.25) is 10.2 Å². The molecule has 1 aliphatic heterocycles. The third-order valence-electron chi connectivity index (χ3n) is 3.50. The zero-order chi connectivity index (χ0) is 15.0. The molecule has 0 atom stereocenters. The van der Waals surface area contributed by atoms with E-state index in [4.69, 9.17) is 20.6 Å². The number of nitrogens with two attached hydrogens (primary N) is 1. The number of benzene rings is 2. The van der Waals surface area contributed by atoms with Gasteiger partial charge < -0.3 is 15.2 Å². The number of methoxy groups -OCH3 is 1.